The van der Waals surface area contributed by atoms with Gasteiger partial charge in [-0.2, -0.15) is 0 Å². The molecule has 1 heterocycles. The molecular formula is C20H25N3O. The molecule has 0 saturated carbocycles. The van der Waals surface area contributed by atoms with Crippen LogP contribution in [0.1, 0.15) is 16.7 Å². The molecular weight excluding hydrogens is 298 g/mol. The molecule has 0 unspecified atom stereocenters. The molecule has 3 rings (SSSR count). The average Bonchev–Trinajstić information content (AvgIpc) is 2.90. The van der Waals surface area contributed by atoms with E-state index in [0.717, 1.165) is 29.0 Å². The van der Waals surface area contributed by atoms with Crippen molar-refractivity contribution in [1.82, 2.24) is 9.55 Å². The van der Waals surface area contributed by atoms with Crippen molar-refractivity contribution in [3.8, 4) is 11.4 Å². The van der Waals surface area contributed by atoms with Crippen molar-refractivity contribution in [2.75, 3.05) is 19.8 Å². The van der Waals surface area contributed by atoms with Crippen LogP contribution in [0.2, 0.25) is 0 Å². The monoisotopic (exact) mass is 323 g/mol. The number of aryl methyl sites for hydroxylation is 3. The summed E-state index contributed by atoms with van der Waals surface area (Å²) in [5.74, 6) is 0.995. The molecule has 0 aliphatic carbocycles. The molecule has 0 aliphatic heterocycles. The highest BCUT2D eigenvalue weighted by atomic mass is 16.5. The Balaban J connectivity index is 2.08. The number of aromatic nitrogens is 2. The van der Waals surface area contributed by atoms with Crippen molar-refractivity contribution >= 4 is 11.0 Å². The summed E-state index contributed by atoms with van der Waals surface area (Å²) in [5, 5.41) is 0. The summed E-state index contributed by atoms with van der Waals surface area (Å²) in [7, 11) is 0. The van der Waals surface area contributed by atoms with Crippen LogP contribution in [0, 0.1) is 20.8 Å². The van der Waals surface area contributed by atoms with Crippen molar-refractivity contribution in [1.29, 1.82) is 0 Å². The summed E-state index contributed by atoms with van der Waals surface area (Å²) in [6, 6.07) is 12.9. The smallest absolute Gasteiger partial charge is 0.141 e. The number of benzene rings is 2. The van der Waals surface area contributed by atoms with Gasteiger partial charge in [-0.1, -0.05) is 23.8 Å². The fourth-order valence-corrected chi connectivity index (χ4v) is 2.95. The predicted molar refractivity (Wildman–Crippen MR) is 99.3 cm³/mol. The van der Waals surface area contributed by atoms with E-state index in [1.165, 1.54) is 16.7 Å². The van der Waals surface area contributed by atoms with Crippen molar-refractivity contribution < 1.29 is 4.74 Å². The van der Waals surface area contributed by atoms with Gasteiger partial charge >= 0.3 is 0 Å². The van der Waals surface area contributed by atoms with Gasteiger partial charge in [-0.25, -0.2) is 4.98 Å². The number of ether oxygens (including phenoxy) is 1. The first-order valence-corrected chi connectivity index (χ1v) is 8.42. The molecule has 0 saturated heterocycles. The number of hydrogen-bond acceptors (Lipinski definition) is 3. The van der Waals surface area contributed by atoms with Crippen molar-refractivity contribution in [2.45, 2.75) is 27.3 Å². The molecule has 2 aromatic carbocycles. The van der Waals surface area contributed by atoms with Crippen molar-refractivity contribution in [3.05, 3.63) is 53.1 Å². The molecule has 0 bridgehead atoms. The van der Waals surface area contributed by atoms with Crippen LogP contribution < -0.4 is 5.73 Å². The average molecular weight is 323 g/mol. The Labute approximate surface area is 143 Å². The minimum atomic E-state index is 0.549. The molecule has 126 valence electrons. The van der Waals surface area contributed by atoms with E-state index in [9.17, 15) is 0 Å². The van der Waals surface area contributed by atoms with Gasteiger partial charge < -0.3 is 15.0 Å². The molecule has 2 N–H and O–H groups in total. The van der Waals surface area contributed by atoms with Crippen LogP contribution >= 0.6 is 0 Å². The SMILES string of the molecule is Cc1cccc(-c2nc3cc(C)c(C)cc3n2CCOCCN)c1. The molecule has 0 amide bonds. The van der Waals surface area contributed by atoms with E-state index in [1.807, 2.05) is 0 Å². The Morgan fingerprint density at radius 1 is 1.04 bits per heavy atom. The maximum atomic E-state index is 5.60. The summed E-state index contributed by atoms with van der Waals surface area (Å²) in [6.45, 7) is 8.91. The number of imidazole rings is 1. The Morgan fingerprint density at radius 3 is 2.58 bits per heavy atom. The number of nitrogens with two attached hydrogens (primary N) is 1. The molecule has 0 aliphatic rings. The highest BCUT2D eigenvalue weighted by Gasteiger charge is 2.14. The van der Waals surface area contributed by atoms with E-state index >= 15 is 0 Å². The fourth-order valence-electron chi connectivity index (χ4n) is 2.95. The van der Waals surface area contributed by atoms with E-state index in [1.54, 1.807) is 0 Å². The highest BCUT2D eigenvalue weighted by Crippen LogP contribution is 2.27. The predicted octanol–water partition coefficient (Wildman–Crippen LogP) is 3.60. The van der Waals surface area contributed by atoms with Crippen molar-refractivity contribution in [3.63, 3.8) is 0 Å². The van der Waals surface area contributed by atoms with Gasteiger partial charge in [0.25, 0.3) is 0 Å². The fraction of sp³-hybridized carbons (Fsp3) is 0.350. The standard InChI is InChI=1S/C20H25N3O/c1-14-5-4-6-17(11-14)20-22-18-12-15(2)16(3)13-19(18)23(20)8-10-24-9-7-21/h4-6,11-13H,7-10,21H2,1-3H3. The Morgan fingerprint density at radius 2 is 1.83 bits per heavy atom. The second-order valence-corrected chi connectivity index (χ2v) is 6.28. The van der Waals surface area contributed by atoms with Gasteiger partial charge in [0.2, 0.25) is 0 Å². The molecule has 0 atom stereocenters. The van der Waals surface area contributed by atoms with E-state index in [-0.39, 0.29) is 0 Å². The number of nitrogens with zero attached hydrogens (tertiary/aromatic N) is 2. The first-order valence-electron chi connectivity index (χ1n) is 8.42. The lowest BCUT2D eigenvalue weighted by atomic mass is 10.1. The van der Waals surface area contributed by atoms with Gasteiger partial charge in [0.05, 0.1) is 24.2 Å². The Hall–Kier alpha value is -2.17. The largest absolute Gasteiger partial charge is 0.378 e. The van der Waals surface area contributed by atoms with Crippen LogP contribution in [-0.2, 0) is 11.3 Å². The highest BCUT2D eigenvalue weighted by molar-refractivity contribution is 5.82. The van der Waals surface area contributed by atoms with E-state index < -0.39 is 0 Å². The molecule has 1 aromatic heterocycles. The zero-order chi connectivity index (χ0) is 17.1. The second kappa shape index (κ2) is 7.16. The van der Waals surface area contributed by atoms with Crippen molar-refractivity contribution in [2.24, 2.45) is 5.73 Å². The lowest BCUT2D eigenvalue weighted by Gasteiger charge is -2.11. The summed E-state index contributed by atoms with van der Waals surface area (Å²) in [5.41, 5.74) is 12.6. The summed E-state index contributed by atoms with van der Waals surface area (Å²) in [4.78, 5) is 4.91. The zero-order valence-corrected chi connectivity index (χ0v) is 14.7. The lowest BCUT2D eigenvalue weighted by Crippen LogP contribution is -2.13. The minimum Gasteiger partial charge on any atom is -0.378 e. The third kappa shape index (κ3) is 3.35. The van der Waals surface area contributed by atoms with Gasteiger partial charge in [0.15, 0.2) is 0 Å². The van der Waals surface area contributed by atoms with Crippen LogP contribution in [0.5, 0.6) is 0 Å². The van der Waals surface area contributed by atoms with Crippen LogP contribution in [0.3, 0.4) is 0 Å². The quantitative estimate of drug-likeness (QED) is 0.705. The number of hydrogen-bond donors (Lipinski definition) is 1. The maximum Gasteiger partial charge on any atom is 0.141 e. The summed E-state index contributed by atoms with van der Waals surface area (Å²) < 4.78 is 7.86. The van der Waals surface area contributed by atoms with Gasteiger partial charge in [-0.05, 0) is 50.1 Å². The van der Waals surface area contributed by atoms with Gasteiger partial charge in [0, 0.05) is 18.7 Å². The molecule has 0 spiro atoms. The summed E-state index contributed by atoms with van der Waals surface area (Å²) in [6.07, 6.45) is 0. The number of fused-ring (bicyclic) bond motifs is 1. The molecule has 4 nitrogen and oxygen atoms in total. The first kappa shape index (κ1) is 16.7. The topological polar surface area (TPSA) is 53.1 Å². The van der Waals surface area contributed by atoms with Crippen LogP contribution in [-0.4, -0.2) is 29.3 Å². The Kier molecular flexibility index (Phi) is 4.97. The van der Waals surface area contributed by atoms with Crippen LogP contribution in [0.25, 0.3) is 22.4 Å². The lowest BCUT2D eigenvalue weighted by molar-refractivity contribution is 0.134. The van der Waals surface area contributed by atoms with Gasteiger partial charge in [-0.3, -0.25) is 0 Å². The van der Waals surface area contributed by atoms with Crippen LogP contribution in [0.4, 0.5) is 0 Å². The van der Waals surface area contributed by atoms with Crippen LogP contribution in [0.15, 0.2) is 36.4 Å². The minimum absolute atomic E-state index is 0.549. The third-order valence-corrected chi connectivity index (χ3v) is 4.36. The van der Waals surface area contributed by atoms with Gasteiger partial charge in [0.1, 0.15) is 5.82 Å². The maximum absolute atomic E-state index is 5.60. The Bertz CT molecular complexity index is 851. The molecule has 0 fully saturated rings. The van der Waals surface area contributed by atoms with Gasteiger partial charge in [-0.15, -0.1) is 0 Å². The van der Waals surface area contributed by atoms with E-state index in [0.29, 0.717) is 19.8 Å². The third-order valence-electron chi connectivity index (χ3n) is 4.36. The molecule has 24 heavy (non-hydrogen) atoms. The zero-order valence-electron chi connectivity index (χ0n) is 14.7. The normalized spacial score (nSPS) is 11.3. The second-order valence-electron chi connectivity index (χ2n) is 6.28. The first-order chi connectivity index (χ1) is 11.6. The molecule has 3 aromatic rings. The molecule has 4 heteroatoms. The van der Waals surface area contributed by atoms with E-state index in [4.69, 9.17) is 15.5 Å². The summed E-state index contributed by atoms with van der Waals surface area (Å²) >= 11 is 0. The molecule has 0 radical (unpaired) electrons. The number of rotatable bonds is 6. The van der Waals surface area contributed by atoms with E-state index in [2.05, 4.69) is 61.7 Å².